The lowest BCUT2D eigenvalue weighted by Crippen LogP contribution is -2.33. The standard InChI is InChI=1S/C12H14ClN3O2S/c1-3-6-9(2)15-19(17,18)12-11(13)14-10-7-4-5-8-16(10)12/h3-5,7-9,15H,1,6H2,2H3. The first-order valence-corrected chi connectivity index (χ1v) is 7.57. The Kier molecular flexibility index (Phi) is 3.93. The number of rotatable bonds is 5. The first kappa shape index (κ1) is 14.0. The fourth-order valence-electron chi connectivity index (χ4n) is 1.80. The molecule has 2 rings (SSSR count). The van der Waals surface area contributed by atoms with Crippen LogP contribution in [0.15, 0.2) is 42.1 Å². The molecule has 0 saturated carbocycles. The zero-order chi connectivity index (χ0) is 14.0. The van der Waals surface area contributed by atoms with Crippen molar-refractivity contribution in [2.75, 3.05) is 0 Å². The number of pyridine rings is 1. The van der Waals surface area contributed by atoms with Crippen molar-refractivity contribution < 1.29 is 8.42 Å². The van der Waals surface area contributed by atoms with Crippen LogP contribution in [-0.2, 0) is 10.0 Å². The second-order valence-corrected chi connectivity index (χ2v) is 6.17. The van der Waals surface area contributed by atoms with Gasteiger partial charge >= 0.3 is 0 Å². The average molecular weight is 300 g/mol. The van der Waals surface area contributed by atoms with E-state index in [0.717, 1.165) is 0 Å². The van der Waals surface area contributed by atoms with Gasteiger partial charge in [-0.1, -0.05) is 23.7 Å². The monoisotopic (exact) mass is 299 g/mol. The van der Waals surface area contributed by atoms with Crippen LogP contribution in [0.2, 0.25) is 5.15 Å². The lowest BCUT2D eigenvalue weighted by Gasteiger charge is -2.12. The van der Waals surface area contributed by atoms with Crippen molar-refractivity contribution in [1.82, 2.24) is 14.1 Å². The summed E-state index contributed by atoms with van der Waals surface area (Å²) in [5, 5.41) is -0.0785. The molecule has 102 valence electrons. The third kappa shape index (κ3) is 2.80. The maximum Gasteiger partial charge on any atom is 0.260 e. The molecule has 0 radical (unpaired) electrons. The average Bonchev–Trinajstić information content (AvgIpc) is 2.64. The lowest BCUT2D eigenvalue weighted by molar-refractivity contribution is 0.557. The van der Waals surface area contributed by atoms with E-state index < -0.39 is 10.0 Å². The molecule has 7 heteroatoms. The zero-order valence-electron chi connectivity index (χ0n) is 10.4. The minimum absolute atomic E-state index is 0.0375. The number of aromatic nitrogens is 2. The number of sulfonamides is 1. The Hall–Kier alpha value is -1.37. The summed E-state index contributed by atoms with van der Waals surface area (Å²) in [5.41, 5.74) is 0.490. The summed E-state index contributed by atoms with van der Waals surface area (Å²) in [6.07, 6.45) is 3.80. The predicted octanol–water partition coefficient (Wildman–Crippen LogP) is 2.23. The van der Waals surface area contributed by atoms with Crippen molar-refractivity contribution in [3.63, 3.8) is 0 Å². The van der Waals surface area contributed by atoms with Gasteiger partial charge in [0.2, 0.25) is 0 Å². The van der Waals surface area contributed by atoms with Gasteiger partial charge < -0.3 is 0 Å². The summed E-state index contributed by atoms with van der Waals surface area (Å²) in [7, 11) is -3.72. The number of imidazole rings is 1. The fourth-order valence-corrected chi connectivity index (χ4v) is 3.70. The lowest BCUT2D eigenvalue weighted by atomic mass is 10.3. The zero-order valence-corrected chi connectivity index (χ0v) is 11.9. The number of nitrogens with zero attached hydrogens (tertiary/aromatic N) is 2. The molecule has 1 unspecified atom stereocenters. The number of hydrogen-bond donors (Lipinski definition) is 1. The molecule has 0 aromatic carbocycles. The van der Waals surface area contributed by atoms with E-state index in [0.29, 0.717) is 12.1 Å². The van der Waals surface area contributed by atoms with Gasteiger partial charge in [-0.2, -0.15) is 0 Å². The third-order valence-electron chi connectivity index (χ3n) is 2.58. The van der Waals surface area contributed by atoms with Crippen LogP contribution in [0.4, 0.5) is 0 Å². The van der Waals surface area contributed by atoms with Crippen molar-refractivity contribution in [3.8, 4) is 0 Å². The van der Waals surface area contributed by atoms with Crippen LogP contribution in [0.25, 0.3) is 5.65 Å². The highest BCUT2D eigenvalue weighted by Crippen LogP contribution is 2.22. The van der Waals surface area contributed by atoms with E-state index in [1.165, 1.54) is 4.40 Å². The molecule has 0 aliphatic rings. The normalized spacial score (nSPS) is 13.6. The van der Waals surface area contributed by atoms with Gasteiger partial charge in [0.1, 0.15) is 5.65 Å². The highest BCUT2D eigenvalue weighted by atomic mass is 35.5. The van der Waals surface area contributed by atoms with Crippen molar-refractivity contribution in [1.29, 1.82) is 0 Å². The quantitative estimate of drug-likeness (QED) is 0.861. The minimum Gasteiger partial charge on any atom is -0.288 e. The number of fused-ring (bicyclic) bond motifs is 1. The Balaban J connectivity index is 2.48. The minimum atomic E-state index is -3.72. The van der Waals surface area contributed by atoms with E-state index in [2.05, 4.69) is 16.3 Å². The van der Waals surface area contributed by atoms with Crippen LogP contribution < -0.4 is 4.72 Å². The molecule has 1 atom stereocenters. The van der Waals surface area contributed by atoms with Crippen molar-refractivity contribution in [2.24, 2.45) is 0 Å². The number of nitrogens with one attached hydrogen (secondary N) is 1. The van der Waals surface area contributed by atoms with Gasteiger partial charge in [-0.05, 0) is 25.5 Å². The van der Waals surface area contributed by atoms with E-state index in [4.69, 9.17) is 11.6 Å². The van der Waals surface area contributed by atoms with Gasteiger partial charge in [-0.15, -0.1) is 6.58 Å². The predicted molar refractivity (Wildman–Crippen MR) is 74.8 cm³/mol. The van der Waals surface area contributed by atoms with Crippen molar-refractivity contribution in [2.45, 2.75) is 24.4 Å². The molecular weight excluding hydrogens is 286 g/mol. The Bertz CT molecular complexity index is 709. The molecule has 19 heavy (non-hydrogen) atoms. The second kappa shape index (κ2) is 5.32. The van der Waals surface area contributed by atoms with Crippen LogP contribution in [0.5, 0.6) is 0 Å². The molecule has 0 bridgehead atoms. The summed E-state index contributed by atoms with van der Waals surface area (Å²) >= 11 is 5.94. The SMILES string of the molecule is C=CCC(C)NS(=O)(=O)c1c(Cl)nc2ccccn12. The Morgan fingerprint density at radius 3 is 3.00 bits per heavy atom. The molecule has 2 aromatic heterocycles. The largest absolute Gasteiger partial charge is 0.288 e. The molecule has 0 fully saturated rings. The van der Waals surface area contributed by atoms with Crippen LogP contribution >= 0.6 is 11.6 Å². The second-order valence-electron chi connectivity index (χ2n) is 4.18. The van der Waals surface area contributed by atoms with Gasteiger partial charge in [0.05, 0.1) is 0 Å². The van der Waals surface area contributed by atoms with Gasteiger partial charge in [0.25, 0.3) is 10.0 Å². The summed E-state index contributed by atoms with van der Waals surface area (Å²) in [4.78, 5) is 4.02. The van der Waals surface area contributed by atoms with Gasteiger partial charge in [-0.25, -0.2) is 18.1 Å². The summed E-state index contributed by atoms with van der Waals surface area (Å²) in [6.45, 7) is 5.34. The highest BCUT2D eigenvalue weighted by Gasteiger charge is 2.25. The smallest absolute Gasteiger partial charge is 0.260 e. The molecule has 0 aliphatic heterocycles. The molecule has 0 spiro atoms. The third-order valence-corrected chi connectivity index (χ3v) is 4.56. The first-order valence-electron chi connectivity index (χ1n) is 5.71. The highest BCUT2D eigenvalue weighted by molar-refractivity contribution is 7.89. The Labute approximate surface area is 117 Å². The van der Waals surface area contributed by atoms with Gasteiger partial charge in [0.15, 0.2) is 10.2 Å². The van der Waals surface area contributed by atoms with E-state index in [9.17, 15) is 8.42 Å². The molecule has 2 aromatic rings. The van der Waals surface area contributed by atoms with E-state index in [1.54, 1.807) is 37.4 Å². The van der Waals surface area contributed by atoms with E-state index >= 15 is 0 Å². The van der Waals surface area contributed by atoms with E-state index in [-0.39, 0.29) is 16.2 Å². The molecule has 0 aliphatic carbocycles. The van der Waals surface area contributed by atoms with Crippen LogP contribution in [0.1, 0.15) is 13.3 Å². The Morgan fingerprint density at radius 2 is 2.32 bits per heavy atom. The summed E-state index contributed by atoms with van der Waals surface area (Å²) in [6, 6.07) is 4.92. The molecular formula is C12H14ClN3O2S. The number of halogens is 1. The number of hydrogen-bond acceptors (Lipinski definition) is 3. The maximum absolute atomic E-state index is 12.3. The Morgan fingerprint density at radius 1 is 1.58 bits per heavy atom. The fraction of sp³-hybridized carbons (Fsp3) is 0.250. The van der Waals surface area contributed by atoms with Crippen molar-refractivity contribution in [3.05, 3.63) is 42.2 Å². The van der Waals surface area contributed by atoms with Crippen LogP contribution in [0.3, 0.4) is 0 Å². The molecule has 0 saturated heterocycles. The molecule has 0 amide bonds. The molecule has 2 heterocycles. The van der Waals surface area contributed by atoms with Crippen LogP contribution in [0, 0.1) is 0 Å². The molecule has 1 N–H and O–H groups in total. The van der Waals surface area contributed by atoms with Crippen molar-refractivity contribution >= 4 is 27.3 Å². The topological polar surface area (TPSA) is 63.5 Å². The first-order chi connectivity index (χ1) is 8.95. The maximum atomic E-state index is 12.3. The van der Waals surface area contributed by atoms with Crippen LogP contribution in [-0.4, -0.2) is 23.8 Å². The van der Waals surface area contributed by atoms with Gasteiger partial charge in [0, 0.05) is 12.2 Å². The summed E-state index contributed by atoms with van der Waals surface area (Å²) < 4.78 is 28.6. The van der Waals surface area contributed by atoms with Gasteiger partial charge in [-0.3, -0.25) is 4.40 Å². The van der Waals surface area contributed by atoms with E-state index in [1.807, 2.05) is 0 Å². The molecule has 5 nitrogen and oxygen atoms in total. The summed E-state index contributed by atoms with van der Waals surface area (Å²) in [5.74, 6) is 0.